The molecule has 0 spiro atoms. The molecule has 1 atom stereocenters. The average molecular weight is 390 g/mol. The van der Waals surface area contributed by atoms with Gasteiger partial charge in [-0.1, -0.05) is 0 Å². The van der Waals surface area contributed by atoms with E-state index in [1.165, 1.54) is 12.1 Å². The number of rotatable bonds is 5. The van der Waals surface area contributed by atoms with Gasteiger partial charge >= 0.3 is 0 Å². The highest BCUT2D eigenvalue weighted by Crippen LogP contribution is 2.15. The standard InChI is InChI=1S/C16H23N3O4S.ClH/c20-16(18-14-5-8-17-11-14)12-1-3-15(4-2-12)24(21,22)19-13-6-9-23-10-7-13;/h1-4,13-14,17,19H,5-11H2,(H,18,20);1H/t14-;/m0./s1. The van der Waals surface area contributed by atoms with E-state index in [9.17, 15) is 13.2 Å². The molecule has 3 N–H and O–H groups in total. The van der Waals surface area contributed by atoms with Gasteiger partial charge in [-0.05, 0) is 50.1 Å². The molecule has 2 saturated heterocycles. The summed E-state index contributed by atoms with van der Waals surface area (Å²) in [5, 5.41) is 6.12. The quantitative estimate of drug-likeness (QED) is 0.687. The summed E-state index contributed by atoms with van der Waals surface area (Å²) in [6, 6.07) is 6.09. The van der Waals surface area contributed by atoms with Crippen molar-refractivity contribution >= 4 is 28.3 Å². The van der Waals surface area contributed by atoms with E-state index < -0.39 is 10.0 Å². The number of amides is 1. The second-order valence-electron chi connectivity index (χ2n) is 6.20. The molecule has 25 heavy (non-hydrogen) atoms. The van der Waals surface area contributed by atoms with Crippen LogP contribution in [0, 0.1) is 0 Å². The maximum absolute atomic E-state index is 12.4. The van der Waals surface area contributed by atoms with Gasteiger partial charge in [-0.15, -0.1) is 12.4 Å². The fraction of sp³-hybridized carbons (Fsp3) is 0.562. The normalized spacial score (nSPS) is 21.5. The van der Waals surface area contributed by atoms with Crippen molar-refractivity contribution in [2.24, 2.45) is 0 Å². The first-order chi connectivity index (χ1) is 11.5. The van der Waals surface area contributed by atoms with Crippen LogP contribution in [0.4, 0.5) is 0 Å². The topological polar surface area (TPSA) is 96.5 Å². The second-order valence-corrected chi connectivity index (χ2v) is 7.91. The Hall–Kier alpha value is -1.19. The van der Waals surface area contributed by atoms with E-state index >= 15 is 0 Å². The van der Waals surface area contributed by atoms with Gasteiger partial charge in [-0.3, -0.25) is 4.79 Å². The molecule has 0 aliphatic carbocycles. The molecule has 140 valence electrons. The lowest BCUT2D eigenvalue weighted by Crippen LogP contribution is -2.39. The molecule has 0 bridgehead atoms. The van der Waals surface area contributed by atoms with Crippen LogP contribution in [0.15, 0.2) is 29.2 Å². The van der Waals surface area contributed by atoms with Crippen molar-refractivity contribution < 1.29 is 17.9 Å². The second kappa shape index (κ2) is 8.95. The van der Waals surface area contributed by atoms with Gasteiger partial charge in [0.25, 0.3) is 5.91 Å². The van der Waals surface area contributed by atoms with Crippen LogP contribution in [0.25, 0.3) is 0 Å². The van der Waals surface area contributed by atoms with Crippen LogP contribution in [0.2, 0.25) is 0 Å². The minimum atomic E-state index is -3.57. The van der Waals surface area contributed by atoms with Crippen LogP contribution in [0.1, 0.15) is 29.6 Å². The van der Waals surface area contributed by atoms with Gasteiger partial charge < -0.3 is 15.4 Å². The Morgan fingerprint density at radius 1 is 1.08 bits per heavy atom. The summed E-state index contributed by atoms with van der Waals surface area (Å²) in [5.74, 6) is -0.176. The number of carbonyl (C=O) groups is 1. The van der Waals surface area contributed by atoms with Gasteiger partial charge in [0.2, 0.25) is 10.0 Å². The third-order valence-electron chi connectivity index (χ3n) is 4.37. The van der Waals surface area contributed by atoms with Gasteiger partial charge in [-0.2, -0.15) is 0 Å². The molecule has 2 heterocycles. The van der Waals surface area contributed by atoms with Crippen molar-refractivity contribution in [2.45, 2.75) is 36.2 Å². The minimum absolute atomic E-state index is 0. The molecular weight excluding hydrogens is 366 g/mol. The van der Waals surface area contributed by atoms with Crippen LogP contribution in [-0.4, -0.2) is 52.7 Å². The SMILES string of the molecule is Cl.O=C(N[C@H]1CCNC1)c1ccc(S(=O)(=O)NC2CCOCC2)cc1. The molecule has 3 rings (SSSR count). The van der Waals surface area contributed by atoms with Crippen molar-refractivity contribution in [2.75, 3.05) is 26.3 Å². The highest BCUT2D eigenvalue weighted by Gasteiger charge is 2.23. The van der Waals surface area contributed by atoms with Crippen molar-refractivity contribution in [3.05, 3.63) is 29.8 Å². The maximum Gasteiger partial charge on any atom is 0.251 e. The molecule has 0 aromatic heterocycles. The van der Waals surface area contributed by atoms with Gasteiger partial charge in [0.15, 0.2) is 0 Å². The Bertz CT molecular complexity index is 669. The molecule has 1 amide bonds. The Morgan fingerprint density at radius 3 is 2.36 bits per heavy atom. The fourth-order valence-electron chi connectivity index (χ4n) is 2.93. The first kappa shape index (κ1) is 20.1. The van der Waals surface area contributed by atoms with Crippen molar-refractivity contribution in [3.8, 4) is 0 Å². The van der Waals surface area contributed by atoms with E-state index in [0.29, 0.717) is 31.6 Å². The molecule has 1 aromatic rings. The first-order valence-corrected chi connectivity index (χ1v) is 9.75. The van der Waals surface area contributed by atoms with Gasteiger partial charge in [-0.25, -0.2) is 13.1 Å². The smallest absolute Gasteiger partial charge is 0.251 e. The molecule has 1 aromatic carbocycles. The number of halogens is 1. The Balaban J connectivity index is 0.00000225. The van der Waals surface area contributed by atoms with Gasteiger partial charge in [0.05, 0.1) is 4.90 Å². The van der Waals surface area contributed by atoms with Crippen molar-refractivity contribution in [1.82, 2.24) is 15.4 Å². The molecule has 2 fully saturated rings. The van der Waals surface area contributed by atoms with Crippen molar-refractivity contribution in [1.29, 1.82) is 0 Å². The lowest BCUT2D eigenvalue weighted by molar-refractivity contribution is 0.0832. The van der Waals surface area contributed by atoms with E-state index in [-0.39, 0.29) is 35.3 Å². The highest BCUT2D eigenvalue weighted by molar-refractivity contribution is 7.89. The van der Waals surface area contributed by atoms with Crippen LogP contribution < -0.4 is 15.4 Å². The third kappa shape index (κ3) is 5.39. The number of benzene rings is 1. The predicted molar refractivity (Wildman–Crippen MR) is 96.6 cm³/mol. The summed E-state index contributed by atoms with van der Waals surface area (Å²) < 4.78 is 32.7. The molecular formula is C16H24ClN3O4S. The first-order valence-electron chi connectivity index (χ1n) is 8.26. The summed E-state index contributed by atoms with van der Waals surface area (Å²) in [6.07, 6.45) is 2.26. The van der Waals surface area contributed by atoms with Crippen LogP contribution in [0.5, 0.6) is 0 Å². The van der Waals surface area contributed by atoms with E-state index in [2.05, 4.69) is 15.4 Å². The zero-order chi connectivity index (χ0) is 17.0. The number of nitrogens with one attached hydrogen (secondary N) is 3. The van der Waals surface area contributed by atoms with E-state index in [1.807, 2.05) is 0 Å². The van der Waals surface area contributed by atoms with E-state index in [1.54, 1.807) is 12.1 Å². The Morgan fingerprint density at radius 2 is 1.76 bits per heavy atom. The third-order valence-corrected chi connectivity index (χ3v) is 5.90. The zero-order valence-corrected chi connectivity index (χ0v) is 15.5. The monoisotopic (exact) mass is 389 g/mol. The van der Waals surface area contributed by atoms with E-state index in [4.69, 9.17) is 4.74 Å². The summed E-state index contributed by atoms with van der Waals surface area (Å²) >= 11 is 0. The summed E-state index contributed by atoms with van der Waals surface area (Å²) in [5.41, 5.74) is 0.465. The van der Waals surface area contributed by atoms with Gasteiger partial charge in [0, 0.05) is 37.4 Å². The summed E-state index contributed by atoms with van der Waals surface area (Å²) in [6.45, 7) is 2.82. The highest BCUT2D eigenvalue weighted by atomic mass is 35.5. The average Bonchev–Trinajstić information content (AvgIpc) is 3.08. The maximum atomic E-state index is 12.4. The van der Waals surface area contributed by atoms with Crippen LogP contribution >= 0.6 is 12.4 Å². The molecule has 2 aliphatic heterocycles. The molecule has 0 unspecified atom stereocenters. The lowest BCUT2D eigenvalue weighted by Gasteiger charge is -2.23. The predicted octanol–water partition coefficient (Wildman–Crippen LogP) is 0.657. The molecule has 9 heteroatoms. The number of hydrogen-bond donors (Lipinski definition) is 3. The minimum Gasteiger partial charge on any atom is -0.381 e. The number of hydrogen-bond acceptors (Lipinski definition) is 5. The number of ether oxygens (including phenoxy) is 1. The molecule has 0 radical (unpaired) electrons. The Kier molecular flexibility index (Phi) is 7.21. The fourth-order valence-corrected chi connectivity index (χ4v) is 4.24. The molecule has 2 aliphatic rings. The molecule has 7 nitrogen and oxygen atoms in total. The number of sulfonamides is 1. The van der Waals surface area contributed by atoms with Crippen LogP contribution in [-0.2, 0) is 14.8 Å². The van der Waals surface area contributed by atoms with E-state index in [0.717, 1.165) is 19.5 Å². The Labute approximate surface area is 154 Å². The summed E-state index contributed by atoms with van der Waals surface area (Å²) in [4.78, 5) is 12.3. The van der Waals surface area contributed by atoms with Crippen molar-refractivity contribution in [3.63, 3.8) is 0 Å². The van der Waals surface area contributed by atoms with Gasteiger partial charge in [0.1, 0.15) is 0 Å². The summed E-state index contributed by atoms with van der Waals surface area (Å²) in [7, 11) is -3.57. The lowest BCUT2D eigenvalue weighted by atomic mass is 10.1. The zero-order valence-electron chi connectivity index (χ0n) is 13.9. The molecule has 0 saturated carbocycles. The van der Waals surface area contributed by atoms with Crippen LogP contribution in [0.3, 0.4) is 0 Å². The number of carbonyl (C=O) groups excluding carboxylic acids is 1. The largest absolute Gasteiger partial charge is 0.381 e.